The van der Waals surface area contributed by atoms with E-state index in [1.807, 2.05) is 42.5 Å². The predicted molar refractivity (Wildman–Crippen MR) is 119 cm³/mol. The molecule has 1 aliphatic rings. The number of carbonyl (C=O) groups excluding carboxylic acids is 1. The van der Waals surface area contributed by atoms with Crippen LogP contribution in [-0.4, -0.2) is 44.4 Å². The largest absolute Gasteiger partial charge is 0.495 e. The van der Waals surface area contributed by atoms with E-state index in [-0.39, 0.29) is 12.0 Å². The highest BCUT2D eigenvalue weighted by Crippen LogP contribution is 2.40. The number of rotatable bonds is 8. The first-order chi connectivity index (χ1) is 14.7. The van der Waals surface area contributed by atoms with Crippen molar-refractivity contribution in [2.45, 2.75) is 31.8 Å². The number of thiazole rings is 1. The Morgan fingerprint density at radius 1 is 1.17 bits per heavy atom. The van der Waals surface area contributed by atoms with Gasteiger partial charge in [0.05, 0.1) is 26.9 Å². The molecule has 0 bridgehead atoms. The number of ether oxygens (including phenoxy) is 3. The SMILES string of the molecule is COc1ccc(OC)c2sc(N(CC3CCCO3)C(=O)CCc3ccccc3)nc12. The minimum atomic E-state index is 0.0430. The van der Waals surface area contributed by atoms with E-state index in [4.69, 9.17) is 19.2 Å². The van der Waals surface area contributed by atoms with E-state index in [0.717, 1.165) is 35.5 Å². The molecule has 0 N–H and O–H groups in total. The van der Waals surface area contributed by atoms with Crippen molar-refractivity contribution in [2.75, 3.05) is 32.3 Å². The Morgan fingerprint density at radius 2 is 1.93 bits per heavy atom. The van der Waals surface area contributed by atoms with Gasteiger partial charge in [-0.1, -0.05) is 41.7 Å². The summed E-state index contributed by atoms with van der Waals surface area (Å²) in [4.78, 5) is 19.8. The van der Waals surface area contributed by atoms with Crippen LogP contribution < -0.4 is 14.4 Å². The number of nitrogens with zero attached hydrogens (tertiary/aromatic N) is 2. The molecule has 7 heteroatoms. The molecule has 158 valence electrons. The normalized spacial score (nSPS) is 16.0. The van der Waals surface area contributed by atoms with Crippen molar-refractivity contribution in [1.82, 2.24) is 4.98 Å². The van der Waals surface area contributed by atoms with Crippen LogP contribution in [0, 0.1) is 0 Å². The maximum absolute atomic E-state index is 13.3. The highest BCUT2D eigenvalue weighted by Gasteiger charge is 2.27. The monoisotopic (exact) mass is 426 g/mol. The van der Waals surface area contributed by atoms with E-state index < -0.39 is 0 Å². The summed E-state index contributed by atoms with van der Waals surface area (Å²) < 4.78 is 17.7. The number of anilines is 1. The number of amides is 1. The molecule has 1 fully saturated rings. The maximum atomic E-state index is 13.3. The second kappa shape index (κ2) is 9.45. The van der Waals surface area contributed by atoms with Crippen LogP contribution in [0.4, 0.5) is 5.13 Å². The Balaban J connectivity index is 1.63. The zero-order valence-corrected chi connectivity index (χ0v) is 18.1. The van der Waals surface area contributed by atoms with Gasteiger partial charge in [0.2, 0.25) is 5.91 Å². The standard InChI is InChI=1S/C23H26N2O4S/c1-27-18-11-12-19(28-2)22-21(18)24-23(30-22)25(15-17-9-6-14-29-17)20(26)13-10-16-7-4-3-5-8-16/h3-5,7-8,11-12,17H,6,9-10,13-15H2,1-2H3. The number of methoxy groups -OCH3 is 2. The Morgan fingerprint density at radius 3 is 2.63 bits per heavy atom. The third-order valence-electron chi connectivity index (χ3n) is 5.31. The molecular formula is C23H26N2O4S. The van der Waals surface area contributed by atoms with Gasteiger partial charge in [0, 0.05) is 13.0 Å². The second-order valence-corrected chi connectivity index (χ2v) is 8.25. The Labute approximate surface area is 180 Å². The van der Waals surface area contributed by atoms with Crippen molar-refractivity contribution < 1.29 is 19.0 Å². The minimum absolute atomic E-state index is 0.0430. The molecular weight excluding hydrogens is 400 g/mol. The second-order valence-electron chi connectivity index (χ2n) is 7.27. The van der Waals surface area contributed by atoms with Crippen LogP contribution >= 0.6 is 11.3 Å². The van der Waals surface area contributed by atoms with Gasteiger partial charge in [-0.15, -0.1) is 0 Å². The third kappa shape index (κ3) is 4.42. The van der Waals surface area contributed by atoms with Crippen LogP contribution in [0.15, 0.2) is 42.5 Å². The molecule has 0 radical (unpaired) electrons. The molecule has 0 aliphatic carbocycles. The summed E-state index contributed by atoms with van der Waals surface area (Å²) in [7, 11) is 3.26. The lowest BCUT2D eigenvalue weighted by Crippen LogP contribution is -2.37. The summed E-state index contributed by atoms with van der Waals surface area (Å²) in [5, 5.41) is 0.654. The van der Waals surface area contributed by atoms with Gasteiger partial charge in [0.1, 0.15) is 21.7 Å². The molecule has 1 aliphatic heterocycles. The summed E-state index contributed by atoms with van der Waals surface area (Å²) >= 11 is 1.45. The van der Waals surface area contributed by atoms with Crippen molar-refractivity contribution in [3.63, 3.8) is 0 Å². The van der Waals surface area contributed by atoms with E-state index in [1.54, 1.807) is 19.1 Å². The topological polar surface area (TPSA) is 60.9 Å². The quantitative estimate of drug-likeness (QED) is 0.532. The number of hydrogen-bond acceptors (Lipinski definition) is 6. The molecule has 0 spiro atoms. The van der Waals surface area contributed by atoms with Crippen LogP contribution in [0.3, 0.4) is 0 Å². The molecule has 3 aromatic rings. The average molecular weight is 427 g/mol. The van der Waals surface area contributed by atoms with Crippen LogP contribution in [0.2, 0.25) is 0 Å². The van der Waals surface area contributed by atoms with Gasteiger partial charge in [-0.05, 0) is 37.0 Å². The lowest BCUT2D eigenvalue weighted by Gasteiger charge is -2.23. The molecule has 1 atom stereocenters. The highest BCUT2D eigenvalue weighted by atomic mass is 32.1. The first-order valence-electron chi connectivity index (χ1n) is 10.2. The van der Waals surface area contributed by atoms with Gasteiger partial charge < -0.3 is 14.2 Å². The molecule has 1 unspecified atom stereocenters. The van der Waals surface area contributed by atoms with E-state index in [0.29, 0.717) is 35.8 Å². The molecule has 2 heterocycles. The predicted octanol–water partition coefficient (Wildman–Crippen LogP) is 4.46. The van der Waals surface area contributed by atoms with Crippen LogP contribution in [0.25, 0.3) is 10.2 Å². The molecule has 2 aromatic carbocycles. The molecule has 1 saturated heterocycles. The first-order valence-corrected chi connectivity index (χ1v) is 11.0. The fraction of sp³-hybridized carbons (Fsp3) is 0.391. The number of hydrogen-bond donors (Lipinski definition) is 0. The minimum Gasteiger partial charge on any atom is -0.495 e. The number of benzene rings is 2. The van der Waals surface area contributed by atoms with Gasteiger partial charge in [-0.3, -0.25) is 9.69 Å². The van der Waals surface area contributed by atoms with Gasteiger partial charge >= 0.3 is 0 Å². The molecule has 1 aromatic heterocycles. The Kier molecular flexibility index (Phi) is 6.50. The molecule has 4 rings (SSSR count). The van der Waals surface area contributed by atoms with Crippen LogP contribution in [0.5, 0.6) is 11.5 Å². The fourth-order valence-electron chi connectivity index (χ4n) is 3.70. The van der Waals surface area contributed by atoms with E-state index >= 15 is 0 Å². The van der Waals surface area contributed by atoms with Crippen molar-refractivity contribution in [2.24, 2.45) is 0 Å². The highest BCUT2D eigenvalue weighted by molar-refractivity contribution is 7.22. The van der Waals surface area contributed by atoms with Gasteiger partial charge in [-0.2, -0.15) is 0 Å². The maximum Gasteiger partial charge on any atom is 0.229 e. The summed E-state index contributed by atoms with van der Waals surface area (Å²) in [6, 6.07) is 13.8. The van der Waals surface area contributed by atoms with Crippen molar-refractivity contribution in [3.05, 3.63) is 48.0 Å². The first kappa shape index (κ1) is 20.6. The summed E-state index contributed by atoms with van der Waals surface area (Å²) in [6.07, 6.45) is 3.14. The van der Waals surface area contributed by atoms with Crippen molar-refractivity contribution in [1.29, 1.82) is 0 Å². The number of fused-ring (bicyclic) bond motifs is 1. The van der Waals surface area contributed by atoms with Gasteiger partial charge in [0.15, 0.2) is 5.13 Å². The number of aryl methyl sites for hydroxylation is 1. The van der Waals surface area contributed by atoms with Gasteiger partial charge in [-0.25, -0.2) is 4.98 Å². The van der Waals surface area contributed by atoms with Crippen LogP contribution in [-0.2, 0) is 16.0 Å². The third-order valence-corrected chi connectivity index (χ3v) is 6.40. The molecule has 6 nitrogen and oxygen atoms in total. The Bertz CT molecular complexity index is 958. The average Bonchev–Trinajstić information content (AvgIpc) is 3.45. The molecule has 30 heavy (non-hydrogen) atoms. The number of carbonyl (C=O) groups is 1. The van der Waals surface area contributed by atoms with Crippen LogP contribution in [0.1, 0.15) is 24.8 Å². The summed E-state index contributed by atoms with van der Waals surface area (Å²) in [5.41, 5.74) is 1.86. The van der Waals surface area contributed by atoms with E-state index in [2.05, 4.69) is 0 Å². The fourth-order valence-corrected chi connectivity index (χ4v) is 4.80. The molecule has 0 saturated carbocycles. The van der Waals surface area contributed by atoms with E-state index in [9.17, 15) is 4.79 Å². The van der Waals surface area contributed by atoms with Crippen molar-refractivity contribution in [3.8, 4) is 11.5 Å². The van der Waals surface area contributed by atoms with E-state index in [1.165, 1.54) is 11.3 Å². The lowest BCUT2D eigenvalue weighted by atomic mass is 10.1. The summed E-state index contributed by atoms with van der Waals surface area (Å²) in [6.45, 7) is 1.26. The lowest BCUT2D eigenvalue weighted by molar-refractivity contribution is -0.119. The Hall–Kier alpha value is -2.64. The molecule has 1 amide bonds. The zero-order chi connectivity index (χ0) is 20.9. The van der Waals surface area contributed by atoms with Gasteiger partial charge in [0.25, 0.3) is 0 Å². The zero-order valence-electron chi connectivity index (χ0n) is 17.3. The van der Waals surface area contributed by atoms with Crippen molar-refractivity contribution >= 4 is 32.6 Å². The summed E-state index contributed by atoms with van der Waals surface area (Å²) in [5.74, 6) is 1.44. The number of aromatic nitrogens is 1. The smallest absolute Gasteiger partial charge is 0.229 e.